The highest BCUT2D eigenvalue weighted by molar-refractivity contribution is 5.92. The Morgan fingerprint density at radius 1 is 1.06 bits per heavy atom. The number of hydrogen-bond acceptors (Lipinski definition) is 3. The SMILES string of the molecule is COc1ccc(NC(=O)[C@@H]2C[C@@H](c3cccc(C)c3)CN(Cc3cccc(F)c3)C2)cc1. The quantitative estimate of drug-likeness (QED) is 0.568. The van der Waals surface area contributed by atoms with E-state index < -0.39 is 0 Å². The molecule has 1 amide bonds. The maximum Gasteiger partial charge on any atom is 0.228 e. The van der Waals surface area contributed by atoms with Gasteiger partial charge in [0.2, 0.25) is 5.91 Å². The lowest BCUT2D eigenvalue weighted by molar-refractivity contribution is -0.121. The highest BCUT2D eigenvalue weighted by Gasteiger charge is 2.32. The average molecular weight is 433 g/mol. The average Bonchev–Trinajstić information content (AvgIpc) is 2.79. The van der Waals surface area contributed by atoms with Crippen LogP contribution in [0.3, 0.4) is 0 Å². The van der Waals surface area contributed by atoms with Crippen LogP contribution in [0.5, 0.6) is 5.75 Å². The fourth-order valence-corrected chi connectivity index (χ4v) is 4.49. The van der Waals surface area contributed by atoms with E-state index in [1.54, 1.807) is 19.2 Å². The standard InChI is InChI=1S/C27H29FN2O2/c1-19-5-3-7-21(13-19)22-15-23(27(31)29-25-9-11-26(32-2)12-10-25)18-30(17-22)16-20-6-4-8-24(28)14-20/h3-14,22-23H,15-18H2,1-2H3,(H,29,31)/t22-,23-/m1/s1. The second kappa shape index (κ2) is 9.96. The summed E-state index contributed by atoms with van der Waals surface area (Å²) < 4.78 is 18.9. The summed E-state index contributed by atoms with van der Waals surface area (Å²) in [6.07, 6.45) is 0.783. The Hall–Kier alpha value is -3.18. The molecule has 0 radical (unpaired) electrons. The topological polar surface area (TPSA) is 41.6 Å². The Kier molecular flexibility index (Phi) is 6.86. The second-order valence-electron chi connectivity index (χ2n) is 8.59. The molecule has 5 heteroatoms. The van der Waals surface area contributed by atoms with Crippen LogP contribution in [0.25, 0.3) is 0 Å². The number of ether oxygens (including phenoxy) is 1. The molecule has 1 N–H and O–H groups in total. The van der Waals surface area contributed by atoms with E-state index in [0.717, 1.165) is 30.0 Å². The van der Waals surface area contributed by atoms with E-state index in [1.807, 2.05) is 30.3 Å². The molecule has 3 aromatic rings. The van der Waals surface area contributed by atoms with Gasteiger partial charge in [-0.3, -0.25) is 9.69 Å². The lowest BCUT2D eigenvalue weighted by Crippen LogP contribution is -2.43. The number of carbonyl (C=O) groups is 1. The number of nitrogens with zero attached hydrogens (tertiary/aromatic N) is 1. The zero-order valence-corrected chi connectivity index (χ0v) is 18.6. The maximum atomic E-state index is 13.7. The number of rotatable bonds is 6. The van der Waals surface area contributed by atoms with Gasteiger partial charge in [0.25, 0.3) is 0 Å². The molecule has 32 heavy (non-hydrogen) atoms. The van der Waals surface area contributed by atoms with E-state index >= 15 is 0 Å². The third kappa shape index (κ3) is 5.54. The van der Waals surface area contributed by atoms with Crippen molar-refractivity contribution in [2.75, 3.05) is 25.5 Å². The van der Waals surface area contributed by atoms with Crippen LogP contribution in [-0.4, -0.2) is 31.0 Å². The van der Waals surface area contributed by atoms with Gasteiger partial charge in [-0.05, 0) is 66.8 Å². The largest absolute Gasteiger partial charge is 0.497 e. The molecule has 166 valence electrons. The van der Waals surface area contributed by atoms with E-state index in [-0.39, 0.29) is 23.6 Å². The van der Waals surface area contributed by atoms with Crippen molar-refractivity contribution in [3.8, 4) is 5.75 Å². The monoisotopic (exact) mass is 432 g/mol. The van der Waals surface area contributed by atoms with Gasteiger partial charge in [0.15, 0.2) is 0 Å². The molecule has 1 fully saturated rings. The molecule has 1 saturated heterocycles. The van der Waals surface area contributed by atoms with E-state index in [4.69, 9.17) is 4.74 Å². The second-order valence-corrected chi connectivity index (χ2v) is 8.59. The van der Waals surface area contributed by atoms with Crippen LogP contribution in [0.2, 0.25) is 0 Å². The van der Waals surface area contributed by atoms with Crippen molar-refractivity contribution in [2.24, 2.45) is 5.92 Å². The Balaban J connectivity index is 1.53. The third-order valence-electron chi connectivity index (χ3n) is 6.06. The number of methoxy groups -OCH3 is 1. The number of halogens is 1. The summed E-state index contributed by atoms with van der Waals surface area (Å²) >= 11 is 0. The number of piperidine rings is 1. The molecule has 0 aromatic heterocycles. The van der Waals surface area contributed by atoms with Crippen molar-refractivity contribution >= 4 is 11.6 Å². The summed E-state index contributed by atoms with van der Waals surface area (Å²) in [6.45, 7) is 4.18. The van der Waals surface area contributed by atoms with Crippen molar-refractivity contribution < 1.29 is 13.9 Å². The molecule has 0 bridgehead atoms. The van der Waals surface area contributed by atoms with Crippen LogP contribution in [0.15, 0.2) is 72.8 Å². The summed E-state index contributed by atoms with van der Waals surface area (Å²) in [6, 6.07) is 22.6. The number of likely N-dealkylation sites (tertiary alicyclic amines) is 1. The number of amides is 1. The smallest absolute Gasteiger partial charge is 0.228 e. The normalized spacial score (nSPS) is 18.8. The number of hydrogen-bond donors (Lipinski definition) is 1. The molecule has 1 aliphatic rings. The first kappa shape index (κ1) is 22.0. The Bertz CT molecular complexity index is 1070. The molecule has 4 nitrogen and oxygen atoms in total. The summed E-state index contributed by atoms with van der Waals surface area (Å²) in [7, 11) is 1.62. The number of benzene rings is 3. The van der Waals surface area contributed by atoms with E-state index in [9.17, 15) is 9.18 Å². The molecule has 4 rings (SSSR count). The molecule has 0 saturated carbocycles. The van der Waals surface area contributed by atoms with Gasteiger partial charge in [0, 0.05) is 25.3 Å². The van der Waals surface area contributed by atoms with Crippen LogP contribution in [-0.2, 0) is 11.3 Å². The Morgan fingerprint density at radius 3 is 2.56 bits per heavy atom. The molecule has 0 unspecified atom stereocenters. The van der Waals surface area contributed by atoms with Gasteiger partial charge < -0.3 is 10.1 Å². The van der Waals surface area contributed by atoms with Crippen molar-refractivity contribution in [2.45, 2.75) is 25.8 Å². The lowest BCUT2D eigenvalue weighted by Gasteiger charge is -2.37. The van der Waals surface area contributed by atoms with Gasteiger partial charge in [-0.2, -0.15) is 0 Å². The van der Waals surface area contributed by atoms with Crippen LogP contribution >= 0.6 is 0 Å². The van der Waals surface area contributed by atoms with Gasteiger partial charge in [0.1, 0.15) is 11.6 Å². The highest BCUT2D eigenvalue weighted by atomic mass is 19.1. The van der Waals surface area contributed by atoms with Crippen LogP contribution in [0.4, 0.5) is 10.1 Å². The zero-order chi connectivity index (χ0) is 22.5. The van der Waals surface area contributed by atoms with Gasteiger partial charge in [-0.25, -0.2) is 4.39 Å². The van der Waals surface area contributed by atoms with E-state index in [0.29, 0.717) is 13.1 Å². The Morgan fingerprint density at radius 2 is 1.84 bits per heavy atom. The van der Waals surface area contributed by atoms with Crippen molar-refractivity contribution in [3.63, 3.8) is 0 Å². The summed E-state index contributed by atoms with van der Waals surface area (Å²) in [5.74, 6) is 0.607. The molecular formula is C27H29FN2O2. The highest BCUT2D eigenvalue weighted by Crippen LogP contribution is 2.32. The van der Waals surface area contributed by atoms with Crippen LogP contribution < -0.4 is 10.1 Å². The molecule has 2 atom stereocenters. The fraction of sp³-hybridized carbons (Fsp3) is 0.296. The molecule has 3 aromatic carbocycles. The van der Waals surface area contributed by atoms with E-state index in [2.05, 4.69) is 41.4 Å². The van der Waals surface area contributed by atoms with Crippen molar-refractivity contribution in [1.82, 2.24) is 4.90 Å². The van der Waals surface area contributed by atoms with Crippen molar-refractivity contribution in [3.05, 3.63) is 95.3 Å². The Labute approximate surface area is 189 Å². The van der Waals surface area contributed by atoms with E-state index in [1.165, 1.54) is 17.2 Å². The minimum Gasteiger partial charge on any atom is -0.497 e. The first-order valence-corrected chi connectivity index (χ1v) is 11.0. The first-order valence-electron chi connectivity index (χ1n) is 11.0. The number of aryl methyl sites for hydroxylation is 1. The molecule has 1 heterocycles. The van der Waals surface area contributed by atoms with Crippen LogP contribution in [0, 0.1) is 18.7 Å². The third-order valence-corrected chi connectivity index (χ3v) is 6.06. The van der Waals surface area contributed by atoms with Crippen LogP contribution in [0.1, 0.15) is 29.0 Å². The number of carbonyl (C=O) groups excluding carboxylic acids is 1. The molecule has 0 spiro atoms. The van der Waals surface area contributed by atoms with Crippen molar-refractivity contribution in [1.29, 1.82) is 0 Å². The van der Waals surface area contributed by atoms with Gasteiger partial charge >= 0.3 is 0 Å². The minimum absolute atomic E-state index is 0.0109. The summed E-state index contributed by atoms with van der Waals surface area (Å²) in [5, 5.41) is 3.06. The predicted octanol–water partition coefficient (Wildman–Crippen LogP) is 5.39. The molecule has 0 aliphatic carbocycles. The minimum atomic E-state index is -0.233. The summed E-state index contributed by atoms with van der Waals surface area (Å²) in [5.41, 5.74) is 4.13. The zero-order valence-electron chi connectivity index (χ0n) is 18.6. The first-order chi connectivity index (χ1) is 15.5. The lowest BCUT2D eigenvalue weighted by atomic mass is 9.83. The number of nitrogens with one attached hydrogen (secondary N) is 1. The van der Waals surface area contributed by atoms with Gasteiger partial charge in [0.05, 0.1) is 13.0 Å². The predicted molar refractivity (Wildman–Crippen MR) is 125 cm³/mol. The molecule has 1 aliphatic heterocycles. The van der Waals surface area contributed by atoms with Gasteiger partial charge in [-0.15, -0.1) is 0 Å². The summed E-state index contributed by atoms with van der Waals surface area (Å²) in [4.78, 5) is 15.5. The van der Waals surface area contributed by atoms with Gasteiger partial charge in [-0.1, -0.05) is 42.0 Å². The molecular weight excluding hydrogens is 403 g/mol. The maximum absolute atomic E-state index is 13.7. The number of anilines is 1. The fourth-order valence-electron chi connectivity index (χ4n) is 4.49.